The Balaban J connectivity index is 0.000000168. The van der Waals surface area contributed by atoms with Gasteiger partial charge in [0, 0.05) is 42.5 Å². The maximum Gasteiger partial charge on any atom is 0.348 e. The molecule has 0 fully saturated rings. The van der Waals surface area contributed by atoms with Crippen molar-refractivity contribution in [2.75, 3.05) is 11.9 Å². The molecule has 4 aromatic carbocycles. The van der Waals surface area contributed by atoms with Gasteiger partial charge in [0.1, 0.15) is 5.39 Å². The molecule has 9 heteroatoms. The van der Waals surface area contributed by atoms with Crippen molar-refractivity contribution in [3.63, 3.8) is 0 Å². The summed E-state index contributed by atoms with van der Waals surface area (Å²) in [4.78, 5) is 49.7. The minimum absolute atomic E-state index is 0.250. The number of fused-ring (bicyclic) bond motifs is 3. The van der Waals surface area contributed by atoms with Gasteiger partial charge in [-0.25, -0.2) is 9.78 Å². The van der Waals surface area contributed by atoms with Crippen LogP contribution >= 0.6 is 0 Å². The summed E-state index contributed by atoms with van der Waals surface area (Å²) >= 11 is 0. The second-order valence-corrected chi connectivity index (χ2v) is 11.2. The smallest absolute Gasteiger partial charge is 0.348 e. The van der Waals surface area contributed by atoms with Crippen LogP contribution in [0.25, 0.3) is 43.9 Å². The molecule has 0 spiro atoms. The van der Waals surface area contributed by atoms with Crippen LogP contribution in [0.2, 0.25) is 0 Å². The Labute approximate surface area is 270 Å². The molecule has 3 aromatic heterocycles. The van der Waals surface area contributed by atoms with Gasteiger partial charge in [0.05, 0.1) is 16.8 Å². The van der Waals surface area contributed by atoms with Crippen LogP contribution in [-0.2, 0) is 0 Å². The van der Waals surface area contributed by atoms with E-state index in [1.165, 1.54) is 12.4 Å². The summed E-state index contributed by atoms with van der Waals surface area (Å²) in [6.45, 7) is 4.60. The molecule has 0 saturated carbocycles. The first-order valence-electron chi connectivity index (χ1n) is 15.1. The summed E-state index contributed by atoms with van der Waals surface area (Å²) in [5.74, 6) is 0.158. The van der Waals surface area contributed by atoms with Crippen LogP contribution in [-0.4, -0.2) is 33.3 Å². The van der Waals surface area contributed by atoms with E-state index in [0.717, 1.165) is 27.1 Å². The van der Waals surface area contributed by atoms with E-state index in [4.69, 9.17) is 4.42 Å². The first kappa shape index (κ1) is 30.8. The number of aromatic nitrogens is 3. The summed E-state index contributed by atoms with van der Waals surface area (Å²) in [5.41, 5.74) is 2.33. The Morgan fingerprint density at radius 1 is 0.702 bits per heavy atom. The number of pyridine rings is 2. The number of benzene rings is 4. The second kappa shape index (κ2) is 13.8. The molecular formula is C38H31N5O4. The maximum atomic E-state index is 12.8. The molecule has 232 valence electrons. The molecule has 0 radical (unpaired) electrons. The fourth-order valence-corrected chi connectivity index (χ4v) is 5.13. The van der Waals surface area contributed by atoms with Crippen molar-refractivity contribution in [1.82, 2.24) is 20.3 Å². The predicted molar refractivity (Wildman–Crippen MR) is 184 cm³/mol. The number of anilines is 1. The Morgan fingerprint density at radius 3 is 2.15 bits per heavy atom. The van der Waals surface area contributed by atoms with Crippen molar-refractivity contribution in [3.8, 4) is 11.5 Å². The average Bonchev–Trinajstić information content (AvgIpc) is 3.10. The topological polar surface area (TPSA) is 127 Å². The first-order valence-corrected chi connectivity index (χ1v) is 15.1. The van der Waals surface area contributed by atoms with Crippen LogP contribution in [0.5, 0.6) is 0 Å². The SMILES string of the molecule is CC(C)CNC(=O)c1cnccc1NC(=O)c1cccc2ccccc12.O=c1oc(-c2cccc3ccccc23)nc2ccncc12. The Hall–Kier alpha value is -6.22. The molecule has 47 heavy (non-hydrogen) atoms. The van der Waals surface area contributed by atoms with Crippen LogP contribution in [0, 0.1) is 5.92 Å². The summed E-state index contributed by atoms with van der Waals surface area (Å²) < 4.78 is 5.38. The van der Waals surface area contributed by atoms with E-state index in [2.05, 4.69) is 25.6 Å². The van der Waals surface area contributed by atoms with Gasteiger partial charge in [-0.2, -0.15) is 0 Å². The zero-order chi connectivity index (χ0) is 32.8. The zero-order valence-corrected chi connectivity index (χ0v) is 25.8. The monoisotopic (exact) mass is 621 g/mol. The van der Waals surface area contributed by atoms with Gasteiger partial charge >= 0.3 is 5.63 Å². The molecule has 0 unspecified atom stereocenters. The first-order chi connectivity index (χ1) is 22.9. The second-order valence-electron chi connectivity index (χ2n) is 11.2. The lowest BCUT2D eigenvalue weighted by atomic mass is 10.0. The lowest BCUT2D eigenvalue weighted by Crippen LogP contribution is -2.28. The van der Waals surface area contributed by atoms with Gasteiger partial charge in [0.15, 0.2) is 0 Å². The molecular weight excluding hydrogens is 590 g/mol. The number of hydrogen-bond acceptors (Lipinski definition) is 7. The fraction of sp³-hybridized carbons (Fsp3) is 0.105. The molecule has 0 atom stereocenters. The van der Waals surface area contributed by atoms with Crippen molar-refractivity contribution in [1.29, 1.82) is 0 Å². The number of amides is 2. The molecule has 3 heterocycles. The number of nitrogens with zero attached hydrogens (tertiary/aromatic N) is 3. The van der Waals surface area contributed by atoms with E-state index in [1.54, 1.807) is 30.6 Å². The van der Waals surface area contributed by atoms with E-state index in [0.29, 0.717) is 46.1 Å². The molecule has 0 bridgehead atoms. The van der Waals surface area contributed by atoms with Crippen molar-refractivity contribution < 1.29 is 14.0 Å². The molecule has 2 amide bonds. The average molecular weight is 622 g/mol. The van der Waals surface area contributed by atoms with Crippen molar-refractivity contribution >= 4 is 49.9 Å². The molecule has 9 nitrogen and oxygen atoms in total. The maximum absolute atomic E-state index is 12.8. The lowest BCUT2D eigenvalue weighted by Gasteiger charge is -2.13. The number of rotatable bonds is 6. The highest BCUT2D eigenvalue weighted by Crippen LogP contribution is 2.27. The van der Waals surface area contributed by atoms with Gasteiger partial charge in [0.25, 0.3) is 11.8 Å². The highest BCUT2D eigenvalue weighted by atomic mass is 16.4. The zero-order valence-electron chi connectivity index (χ0n) is 25.8. The summed E-state index contributed by atoms with van der Waals surface area (Å²) in [6.07, 6.45) is 6.11. The van der Waals surface area contributed by atoms with Crippen LogP contribution in [0.4, 0.5) is 5.69 Å². The highest BCUT2D eigenvalue weighted by Gasteiger charge is 2.16. The normalized spacial score (nSPS) is 10.9. The van der Waals surface area contributed by atoms with Crippen LogP contribution in [0.3, 0.4) is 0 Å². The number of hydrogen-bond donors (Lipinski definition) is 2. The Morgan fingerprint density at radius 2 is 1.36 bits per heavy atom. The standard InChI is InChI=1S/C21H21N3O2.C17H10N2O2/c1-14(2)12-23-20(25)18-13-22-11-10-19(18)24-21(26)17-9-5-7-15-6-3-4-8-16(15)17;20-17-14-10-18-9-8-15(14)19-16(21-17)13-7-3-5-11-4-1-2-6-12(11)13/h3-11,13-14H,12H2,1-2H3,(H,23,25)(H,22,24,26);1-10H. The predicted octanol–water partition coefficient (Wildman–Crippen LogP) is 7.28. The summed E-state index contributed by atoms with van der Waals surface area (Å²) in [6, 6.07) is 30.4. The van der Waals surface area contributed by atoms with Gasteiger partial charge < -0.3 is 15.1 Å². The molecule has 0 aliphatic rings. The molecule has 7 rings (SSSR count). The molecule has 2 N–H and O–H groups in total. The quantitative estimate of drug-likeness (QED) is 0.200. The van der Waals surface area contributed by atoms with Crippen LogP contribution in [0.15, 0.2) is 131 Å². The van der Waals surface area contributed by atoms with Crippen molar-refractivity contribution in [2.45, 2.75) is 13.8 Å². The van der Waals surface area contributed by atoms with Gasteiger partial charge in [-0.05, 0) is 51.7 Å². The van der Waals surface area contributed by atoms with Crippen LogP contribution in [0.1, 0.15) is 34.6 Å². The van der Waals surface area contributed by atoms with Crippen LogP contribution < -0.4 is 16.3 Å². The van der Waals surface area contributed by atoms with Crippen molar-refractivity contribution in [3.05, 3.63) is 143 Å². The highest BCUT2D eigenvalue weighted by molar-refractivity contribution is 6.14. The van der Waals surface area contributed by atoms with Crippen molar-refractivity contribution in [2.24, 2.45) is 5.92 Å². The van der Waals surface area contributed by atoms with E-state index >= 15 is 0 Å². The number of carbonyl (C=O) groups excluding carboxylic acids is 2. The Kier molecular flexibility index (Phi) is 9.06. The van der Waals surface area contributed by atoms with E-state index in [9.17, 15) is 14.4 Å². The van der Waals surface area contributed by atoms with Gasteiger partial charge in [-0.1, -0.05) is 86.6 Å². The minimum atomic E-state index is -0.420. The minimum Gasteiger partial charge on any atom is -0.403 e. The summed E-state index contributed by atoms with van der Waals surface area (Å²) in [7, 11) is 0. The fourth-order valence-electron chi connectivity index (χ4n) is 5.13. The molecule has 0 aliphatic heterocycles. The molecule has 0 saturated heterocycles. The van der Waals surface area contributed by atoms with Gasteiger partial charge in [-0.3, -0.25) is 19.6 Å². The van der Waals surface area contributed by atoms with Gasteiger partial charge in [0.2, 0.25) is 5.89 Å². The third kappa shape index (κ3) is 6.89. The molecule has 7 aromatic rings. The molecule has 0 aliphatic carbocycles. The number of carbonyl (C=O) groups is 2. The number of nitrogens with one attached hydrogen (secondary N) is 2. The third-order valence-electron chi connectivity index (χ3n) is 7.47. The summed E-state index contributed by atoms with van der Waals surface area (Å²) in [5, 5.41) is 10.0. The largest absolute Gasteiger partial charge is 0.403 e. The Bertz CT molecular complexity index is 2290. The van der Waals surface area contributed by atoms with E-state index in [1.807, 2.05) is 92.7 Å². The third-order valence-corrected chi connectivity index (χ3v) is 7.47. The van der Waals surface area contributed by atoms with E-state index < -0.39 is 5.63 Å². The lowest BCUT2D eigenvalue weighted by molar-refractivity contribution is 0.0949. The van der Waals surface area contributed by atoms with E-state index in [-0.39, 0.29) is 11.8 Å². The van der Waals surface area contributed by atoms with Gasteiger partial charge in [-0.15, -0.1) is 0 Å².